The lowest BCUT2D eigenvalue weighted by molar-refractivity contribution is 0.132. The average Bonchev–Trinajstić information content (AvgIpc) is 3.02. The Morgan fingerprint density at radius 3 is 1.78 bits per heavy atom. The van der Waals surface area contributed by atoms with Crippen molar-refractivity contribution < 1.29 is 9.47 Å². The minimum absolute atomic E-state index is 0.795. The maximum absolute atomic E-state index is 6.34. The zero-order chi connectivity index (χ0) is 28.7. The zero-order valence-electron chi connectivity index (χ0n) is 25.5. The Balaban J connectivity index is 1.18. The first kappa shape index (κ1) is 30.6. The van der Waals surface area contributed by atoms with Crippen LogP contribution in [0, 0.1) is 6.92 Å². The van der Waals surface area contributed by atoms with Crippen LogP contribution in [0.1, 0.15) is 74.6 Å². The van der Waals surface area contributed by atoms with E-state index in [1.807, 2.05) is 0 Å². The van der Waals surface area contributed by atoms with Gasteiger partial charge in [0.05, 0.1) is 13.2 Å². The van der Waals surface area contributed by atoms with E-state index in [0.29, 0.717) is 0 Å². The molecular weight excluding hydrogens is 500 g/mol. The summed E-state index contributed by atoms with van der Waals surface area (Å²) in [6.45, 7) is 9.09. The predicted molar refractivity (Wildman–Crippen MR) is 175 cm³/mol. The second kappa shape index (κ2) is 16.8. The summed E-state index contributed by atoms with van der Waals surface area (Å²) in [5.74, 6) is 1.07. The summed E-state index contributed by atoms with van der Waals surface area (Å²) in [5, 5.41) is 0. The fraction of sp³-hybridized carbons (Fsp3) is 0.385. The van der Waals surface area contributed by atoms with E-state index in [0.717, 1.165) is 57.7 Å². The Morgan fingerprint density at radius 1 is 0.537 bits per heavy atom. The maximum Gasteiger partial charge on any atom is 0.122 e. The van der Waals surface area contributed by atoms with Crippen molar-refractivity contribution in [1.82, 2.24) is 0 Å². The molecule has 0 aliphatic rings. The van der Waals surface area contributed by atoms with Crippen LogP contribution in [0.5, 0.6) is 5.75 Å². The van der Waals surface area contributed by atoms with Crippen molar-refractivity contribution in [3.05, 3.63) is 113 Å². The number of unbranched alkanes of at least 4 members (excludes halogenated alkanes) is 5. The third-order valence-corrected chi connectivity index (χ3v) is 7.95. The molecule has 0 N–H and O–H groups in total. The Labute approximate surface area is 248 Å². The average molecular weight is 549 g/mol. The van der Waals surface area contributed by atoms with Crippen molar-refractivity contribution in [1.29, 1.82) is 0 Å². The van der Waals surface area contributed by atoms with Gasteiger partial charge in [-0.3, -0.25) is 0 Å². The topological polar surface area (TPSA) is 18.5 Å². The number of ether oxygens (including phenoxy) is 2. The highest BCUT2D eigenvalue weighted by Crippen LogP contribution is 2.33. The predicted octanol–water partition coefficient (Wildman–Crippen LogP) is 10.4. The summed E-state index contributed by atoms with van der Waals surface area (Å²) in [4.78, 5) is 0. The largest absolute Gasteiger partial charge is 0.493 e. The molecule has 0 bridgehead atoms. The maximum atomic E-state index is 6.34. The van der Waals surface area contributed by atoms with Crippen LogP contribution < -0.4 is 4.74 Å². The molecule has 0 unspecified atom stereocenters. The quantitative estimate of drug-likeness (QED) is 0.122. The van der Waals surface area contributed by atoms with Crippen molar-refractivity contribution in [3.63, 3.8) is 0 Å². The van der Waals surface area contributed by atoms with Gasteiger partial charge in [0.25, 0.3) is 0 Å². The first-order valence-corrected chi connectivity index (χ1v) is 15.8. The number of hydrogen-bond acceptors (Lipinski definition) is 2. The van der Waals surface area contributed by atoms with Crippen LogP contribution in [0.2, 0.25) is 0 Å². The lowest BCUT2D eigenvalue weighted by Crippen LogP contribution is -2.02. The summed E-state index contributed by atoms with van der Waals surface area (Å²) in [5.41, 5.74) is 10.4. The van der Waals surface area contributed by atoms with E-state index in [1.165, 1.54) is 70.2 Å². The van der Waals surface area contributed by atoms with E-state index >= 15 is 0 Å². The monoisotopic (exact) mass is 548 g/mol. The van der Waals surface area contributed by atoms with E-state index in [9.17, 15) is 0 Å². The lowest BCUT2D eigenvalue weighted by Gasteiger charge is -2.17. The molecule has 0 aliphatic carbocycles. The van der Waals surface area contributed by atoms with Crippen molar-refractivity contribution in [3.8, 4) is 28.0 Å². The van der Waals surface area contributed by atoms with Crippen LogP contribution in [0.3, 0.4) is 0 Å². The number of hydrogen-bond donors (Lipinski definition) is 0. The molecule has 41 heavy (non-hydrogen) atoms. The van der Waals surface area contributed by atoms with Gasteiger partial charge in [-0.2, -0.15) is 0 Å². The number of benzene rings is 4. The third kappa shape index (κ3) is 9.61. The van der Waals surface area contributed by atoms with E-state index in [4.69, 9.17) is 9.47 Å². The number of rotatable bonds is 17. The van der Waals surface area contributed by atoms with Gasteiger partial charge >= 0.3 is 0 Å². The Hall–Kier alpha value is -3.36. The molecule has 2 heteroatoms. The molecule has 4 rings (SSSR count). The van der Waals surface area contributed by atoms with Crippen LogP contribution in [0.15, 0.2) is 91.0 Å². The SMILES string of the molecule is CCc1cc(-c2ccc(-c3ccc(C)cc3)cc2)c(CC)cc1OCCCCCCCCOCCc1ccccc1. The molecule has 0 spiro atoms. The fourth-order valence-electron chi connectivity index (χ4n) is 5.36. The summed E-state index contributed by atoms with van der Waals surface area (Å²) in [6, 6.07) is 33.0. The van der Waals surface area contributed by atoms with Gasteiger partial charge in [-0.05, 0) is 90.1 Å². The molecule has 0 atom stereocenters. The van der Waals surface area contributed by atoms with Gasteiger partial charge in [-0.1, -0.05) is 124 Å². The smallest absolute Gasteiger partial charge is 0.122 e. The minimum atomic E-state index is 0.795. The molecular formula is C39H48O2. The van der Waals surface area contributed by atoms with Crippen LogP contribution >= 0.6 is 0 Å². The van der Waals surface area contributed by atoms with E-state index in [2.05, 4.69) is 112 Å². The third-order valence-electron chi connectivity index (χ3n) is 7.95. The normalized spacial score (nSPS) is 11.1. The van der Waals surface area contributed by atoms with Gasteiger partial charge in [-0.25, -0.2) is 0 Å². The second-order valence-electron chi connectivity index (χ2n) is 11.1. The summed E-state index contributed by atoms with van der Waals surface area (Å²) in [6.07, 6.45) is 10.3. The highest BCUT2D eigenvalue weighted by atomic mass is 16.5. The van der Waals surface area contributed by atoms with Crippen molar-refractivity contribution >= 4 is 0 Å². The molecule has 0 saturated carbocycles. The van der Waals surface area contributed by atoms with Gasteiger partial charge in [0.15, 0.2) is 0 Å². The summed E-state index contributed by atoms with van der Waals surface area (Å²) in [7, 11) is 0. The van der Waals surface area contributed by atoms with Gasteiger partial charge in [0, 0.05) is 6.61 Å². The zero-order valence-corrected chi connectivity index (χ0v) is 25.5. The molecule has 2 nitrogen and oxygen atoms in total. The van der Waals surface area contributed by atoms with Gasteiger partial charge in [0.2, 0.25) is 0 Å². The van der Waals surface area contributed by atoms with Crippen LogP contribution in [0.25, 0.3) is 22.3 Å². The highest BCUT2D eigenvalue weighted by molar-refractivity contribution is 5.74. The molecule has 0 radical (unpaired) electrons. The Morgan fingerprint density at radius 2 is 1.12 bits per heavy atom. The number of aryl methyl sites for hydroxylation is 3. The minimum Gasteiger partial charge on any atom is -0.493 e. The molecule has 216 valence electrons. The molecule has 0 aliphatic heterocycles. The van der Waals surface area contributed by atoms with Crippen molar-refractivity contribution in [2.75, 3.05) is 19.8 Å². The van der Waals surface area contributed by atoms with E-state index in [1.54, 1.807) is 0 Å². The van der Waals surface area contributed by atoms with Crippen LogP contribution in [-0.2, 0) is 24.0 Å². The molecule has 4 aromatic rings. The molecule has 0 heterocycles. The van der Waals surface area contributed by atoms with Crippen LogP contribution in [0.4, 0.5) is 0 Å². The van der Waals surface area contributed by atoms with E-state index < -0.39 is 0 Å². The fourth-order valence-corrected chi connectivity index (χ4v) is 5.36. The molecule has 4 aromatic carbocycles. The van der Waals surface area contributed by atoms with Crippen molar-refractivity contribution in [2.24, 2.45) is 0 Å². The highest BCUT2D eigenvalue weighted by Gasteiger charge is 2.11. The molecule has 0 aromatic heterocycles. The first-order chi connectivity index (χ1) is 20.2. The van der Waals surface area contributed by atoms with E-state index in [-0.39, 0.29) is 0 Å². The van der Waals surface area contributed by atoms with Gasteiger partial charge in [-0.15, -0.1) is 0 Å². The second-order valence-corrected chi connectivity index (χ2v) is 11.1. The summed E-state index contributed by atoms with van der Waals surface area (Å²) >= 11 is 0. The Kier molecular flexibility index (Phi) is 12.5. The summed E-state index contributed by atoms with van der Waals surface area (Å²) < 4.78 is 12.2. The van der Waals surface area contributed by atoms with Gasteiger partial charge < -0.3 is 9.47 Å². The Bertz CT molecular complexity index is 1290. The van der Waals surface area contributed by atoms with Gasteiger partial charge in [0.1, 0.15) is 5.75 Å². The molecule has 0 amide bonds. The standard InChI is InChI=1S/C39H48O2/c1-4-33-30-39(41-27-14-9-7-6-8-13-26-40-28-25-32-15-11-10-12-16-32)34(5-2)29-38(33)37-23-21-36(22-24-37)35-19-17-31(3)18-20-35/h10-12,15-24,29-30H,4-9,13-14,25-28H2,1-3H3. The molecule has 0 saturated heterocycles. The lowest BCUT2D eigenvalue weighted by atomic mass is 9.93. The van der Waals surface area contributed by atoms with Crippen molar-refractivity contribution in [2.45, 2.75) is 78.6 Å². The van der Waals surface area contributed by atoms with Crippen LogP contribution in [-0.4, -0.2) is 19.8 Å². The molecule has 0 fully saturated rings. The first-order valence-electron chi connectivity index (χ1n) is 15.8.